The van der Waals surface area contributed by atoms with Gasteiger partial charge in [0, 0.05) is 16.7 Å². The van der Waals surface area contributed by atoms with Crippen molar-refractivity contribution in [3.8, 4) is 0 Å². The van der Waals surface area contributed by atoms with E-state index in [1.54, 1.807) is 0 Å². The first-order valence-electron chi connectivity index (χ1n) is 9.10. The first-order valence-corrected chi connectivity index (χ1v) is 11.0. The Morgan fingerprint density at radius 3 is 2.76 bits per heavy atom. The highest BCUT2D eigenvalue weighted by molar-refractivity contribution is 8.00. The summed E-state index contributed by atoms with van der Waals surface area (Å²) in [5.41, 5.74) is 7.55. The van der Waals surface area contributed by atoms with Gasteiger partial charge in [-0.25, -0.2) is 14.6 Å². The molecule has 3 heterocycles. The van der Waals surface area contributed by atoms with Gasteiger partial charge < -0.3 is 31.9 Å². The number of hydrogen-bond acceptors (Lipinski definition) is 13. The van der Waals surface area contributed by atoms with Crippen molar-refractivity contribution in [1.82, 2.24) is 20.6 Å². The lowest BCUT2D eigenvalue weighted by Crippen LogP contribution is -2.71. The highest BCUT2D eigenvalue weighted by atomic mass is 32.2. The second-order valence-corrected chi connectivity index (χ2v) is 8.38. The van der Waals surface area contributed by atoms with E-state index in [1.165, 1.54) is 23.4 Å². The molecular formula is C16H17N9O7S2. The molecule has 1 saturated heterocycles. The third-order valence-electron chi connectivity index (χ3n) is 4.24. The van der Waals surface area contributed by atoms with Crippen molar-refractivity contribution in [2.75, 3.05) is 18.1 Å². The molecule has 1 unspecified atom stereocenters. The van der Waals surface area contributed by atoms with E-state index < -0.39 is 47.5 Å². The fraction of sp³-hybridized carbons (Fsp3) is 0.250. The number of carboxylic acid groups (broad SMARTS) is 2. The summed E-state index contributed by atoms with van der Waals surface area (Å²) in [6.45, 7) is -0.811. The zero-order valence-corrected chi connectivity index (χ0v) is 18.6. The molecule has 0 saturated carbocycles. The van der Waals surface area contributed by atoms with Crippen LogP contribution in [0, 0.1) is 0 Å². The van der Waals surface area contributed by atoms with Crippen LogP contribution in [0.2, 0.25) is 0 Å². The van der Waals surface area contributed by atoms with Crippen LogP contribution in [0.3, 0.4) is 0 Å². The van der Waals surface area contributed by atoms with Crippen LogP contribution in [-0.4, -0.2) is 85.9 Å². The molecule has 1 aromatic rings. The lowest BCUT2D eigenvalue weighted by molar-refractivity contribution is -0.150. The highest BCUT2D eigenvalue weighted by Crippen LogP contribution is 2.39. The largest absolute Gasteiger partial charge is 0.479 e. The van der Waals surface area contributed by atoms with Crippen LogP contribution in [-0.2, 0) is 24.0 Å². The normalized spacial score (nSPS) is 20.3. The van der Waals surface area contributed by atoms with Gasteiger partial charge in [0.1, 0.15) is 29.1 Å². The number of nitrogens with zero attached hydrogens (tertiary/aromatic N) is 5. The minimum absolute atomic E-state index is 0.0171. The Morgan fingerprint density at radius 1 is 1.38 bits per heavy atom. The molecule has 180 valence electrons. The number of amides is 2. The number of carbonyl (C=O) groups excluding carboxylic acids is 2. The van der Waals surface area contributed by atoms with Crippen molar-refractivity contribution >= 4 is 70.2 Å². The number of aliphatic carboxylic acids is 2. The van der Waals surface area contributed by atoms with E-state index >= 15 is 0 Å². The topological polar surface area (TPSA) is 247 Å². The summed E-state index contributed by atoms with van der Waals surface area (Å²) in [5.74, 6) is 0.890. The van der Waals surface area contributed by atoms with Gasteiger partial charge in [-0.1, -0.05) is 5.16 Å². The zero-order valence-electron chi connectivity index (χ0n) is 16.9. The molecule has 2 aliphatic rings. The summed E-state index contributed by atoms with van der Waals surface area (Å²) >= 11 is 2.21. The van der Waals surface area contributed by atoms with Gasteiger partial charge in [0.2, 0.25) is 6.61 Å². The van der Waals surface area contributed by atoms with E-state index in [4.69, 9.17) is 16.7 Å². The van der Waals surface area contributed by atoms with Gasteiger partial charge in [0.05, 0.1) is 6.21 Å². The summed E-state index contributed by atoms with van der Waals surface area (Å²) in [4.78, 5) is 57.7. The minimum Gasteiger partial charge on any atom is -0.479 e. The van der Waals surface area contributed by atoms with Gasteiger partial charge in [-0.3, -0.25) is 19.9 Å². The van der Waals surface area contributed by atoms with Crippen LogP contribution in [0.25, 0.3) is 0 Å². The van der Waals surface area contributed by atoms with Gasteiger partial charge >= 0.3 is 11.9 Å². The molecule has 1 fully saturated rings. The quantitative estimate of drug-likeness (QED) is 0.0641. The lowest BCUT2D eigenvalue weighted by Gasteiger charge is -2.49. The van der Waals surface area contributed by atoms with Gasteiger partial charge in [-0.15, -0.1) is 23.1 Å². The summed E-state index contributed by atoms with van der Waals surface area (Å²) in [6.07, 6.45) is 2.30. The maximum Gasteiger partial charge on any atom is 0.353 e. The van der Waals surface area contributed by atoms with Crippen molar-refractivity contribution in [3.05, 3.63) is 22.3 Å². The number of nitrogens with two attached hydrogens (primary N) is 2. The van der Waals surface area contributed by atoms with E-state index in [0.29, 0.717) is 0 Å². The van der Waals surface area contributed by atoms with E-state index in [9.17, 15) is 24.3 Å². The fourth-order valence-electron chi connectivity index (χ4n) is 2.89. The van der Waals surface area contributed by atoms with E-state index in [2.05, 4.69) is 35.9 Å². The molecule has 8 N–H and O–H groups in total. The molecule has 2 amide bonds. The molecule has 34 heavy (non-hydrogen) atoms. The molecule has 0 aliphatic carbocycles. The standard InChI is InChI=1S/C16H17N9O7S2/c17-16-22-7(4-34-16)9(24-32-2-8(26)27)12(28)23-10-13(29)25-11(15(30)31)6(3-33-14(10)25)1-20-21-5-19-18/h1,4-5,10,14H,2-3,18H2,(H2,17,22)(H,19,21)(H,23,28)(H,26,27)(H,30,31)/b20-1?,24-9-/t10?,14-/m1/s1. The molecule has 0 bridgehead atoms. The number of oxime groups is 1. The van der Waals surface area contributed by atoms with Crippen LogP contribution in [0.15, 0.2) is 32.0 Å². The highest BCUT2D eigenvalue weighted by Gasteiger charge is 2.54. The van der Waals surface area contributed by atoms with Gasteiger partial charge in [0.25, 0.3) is 11.8 Å². The van der Waals surface area contributed by atoms with E-state index in [-0.39, 0.29) is 27.8 Å². The summed E-state index contributed by atoms with van der Waals surface area (Å²) in [5, 5.41) is 32.1. The number of thiazole rings is 1. The average molecular weight is 512 g/mol. The third kappa shape index (κ3) is 5.23. The van der Waals surface area contributed by atoms with Gasteiger partial charge in [-0.05, 0) is 0 Å². The van der Waals surface area contributed by atoms with Gasteiger partial charge in [-0.2, -0.15) is 10.2 Å². The number of carboxylic acids is 2. The second-order valence-electron chi connectivity index (χ2n) is 6.38. The molecule has 2 atom stereocenters. The number of nitrogen functional groups attached to an aromatic ring is 1. The van der Waals surface area contributed by atoms with Crippen molar-refractivity contribution in [2.45, 2.75) is 11.4 Å². The van der Waals surface area contributed by atoms with Crippen molar-refractivity contribution in [2.24, 2.45) is 21.2 Å². The Bertz CT molecular complexity index is 1130. The number of fused-ring (bicyclic) bond motifs is 1. The summed E-state index contributed by atoms with van der Waals surface area (Å²) < 4.78 is 0. The third-order valence-corrected chi connectivity index (χ3v) is 6.21. The summed E-state index contributed by atoms with van der Waals surface area (Å²) in [6, 6.07) is -1.08. The number of anilines is 1. The molecule has 1 aromatic heterocycles. The minimum atomic E-state index is -1.35. The van der Waals surface area contributed by atoms with Crippen LogP contribution in [0.1, 0.15) is 5.69 Å². The number of rotatable bonds is 10. The smallest absolute Gasteiger partial charge is 0.353 e. The van der Waals surface area contributed by atoms with Crippen molar-refractivity contribution in [3.63, 3.8) is 0 Å². The number of β-lactam (4-membered cyclic amide) rings is 1. The molecule has 16 nitrogen and oxygen atoms in total. The molecule has 3 rings (SSSR count). The molecular weight excluding hydrogens is 494 g/mol. The van der Waals surface area contributed by atoms with E-state index in [0.717, 1.165) is 22.6 Å². The monoisotopic (exact) mass is 511 g/mol. The number of nitrogens with one attached hydrogen (secondary N) is 2. The molecule has 2 aliphatic heterocycles. The number of carbonyl (C=O) groups is 4. The van der Waals surface area contributed by atoms with Crippen LogP contribution in [0.4, 0.5) is 5.13 Å². The SMILES string of the molecule is NN=CNN=CC1=C(C(=O)O)N2C(=O)C(NC(=O)/C(=N\OCC(=O)O)c3csc(N)n3)[C@H]2SC1. The first-order chi connectivity index (χ1) is 16.2. The predicted octanol–water partition coefficient (Wildman–Crippen LogP) is -2.25. The maximum atomic E-state index is 12.8. The average Bonchev–Trinajstić information content (AvgIpc) is 3.22. The van der Waals surface area contributed by atoms with Crippen LogP contribution >= 0.6 is 23.1 Å². The Kier molecular flexibility index (Phi) is 7.64. The number of aromatic nitrogens is 1. The Hall–Kier alpha value is -4.19. The van der Waals surface area contributed by atoms with Crippen LogP contribution in [0.5, 0.6) is 0 Å². The first kappa shape index (κ1) is 24.5. The lowest BCUT2D eigenvalue weighted by atomic mass is 10.0. The number of hydrazone groups is 2. The van der Waals surface area contributed by atoms with Crippen LogP contribution < -0.4 is 22.3 Å². The van der Waals surface area contributed by atoms with Gasteiger partial charge in [0.15, 0.2) is 10.8 Å². The van der Waals surface area contributed by atoms with E-state index in [1.807, 2.05) is 0 Å². The van der Waals surface area contributed by atoms with Crippen molar-refractivity contribution < 1.29 is 34.2 Å². The molecule has 0 aromatic carbocycles. The molecule has 0 spiro atoms. The number of hydrogen-bond donors (Lipinski definition) is 6. The molecule has 0 radical (unpaired) electrons. The number of thioether (sulfide) groups is 1. The van der Waals surface area contributed by atoms with Crippen molar-refractivity contribution in [1.29, 1.82) is 0 Å². The summed E-state index contributed by atoms with van der Waals surface area (Å²) in [7, 11) is 0. The maximum absolute atomic E-state index is 12.8. The Morgan fingerprint density at radius 2 is 2.15 bits per heavy atom. The Balaban J connectivity index is 1.78. The predicted molar refractivity (Wildman–Crippen MR) is 121 cm³/mol. The fourth-order valence-corrected chi connectivity index (χ4v) is 4.73. The zero-order chi connectivity index (χ0) is 24.8. The Labute approximate surface area is 198 Å². The molecule has 18 heteroatoms. The second kappa shape index (κ2) is 10.6.